The number of aromatic nitrogens is 1. The molecule has 0 saturated carbocycles. The maximum atomic E-state index is 11.7. The Morgan fingerprint density at radius 1 is 1.53 bits per heavy atom. The third-order valence-corrected chi connectivity index (χ3v) is 2.58. The van der Waals surface area contributed by atoms with Crippen LogP contribution in [0.15, 0.2) is 22.8 Å². The fraction of sp³-hybridized carbons (Fsp3) is 0.417. The third kappa shape index (κ3) is 1.48. The SMILES string of the molecule is CCC(=O)c1cc2occc2n1C(C)C. The van der Waals surface area contributed by atoms with Crippen molar-refractivity contribution in [3.8, 4) is 0 Å². The number of Topliss-reactive ketones (excluding diaryl/α,β-unsaturated/α-hetero) is 1. The molecule has 0 N–H and O–H groups in total. The van der Waals surface area contributed by atoms with Gasteiger partial charge in [0.1, 0.15) is 0 Å². The fourth-order valence-corrected chi connectivity index (χ4v) is 1.90. The van der Waals surface area contributed by atoms with Crippen molar-refractivity contribution in [2.75, 3.05) is 0 Å². The smallest absolute Gasteiger partial charge is 0.179 e. The van der Waals surface area contributed by atoms with Gasteiger partial charge in [0, 0.05) is 24.6 Å². The molecule has 0 aliphatic carbocycles. The van der Waals surface area contributed by atoms with E-state index in [0.29, 0.717) is 6.42 Å². The number of hydrogen-bond acceptors (Lipinski definition) is 2. The summed E-state index contributed by atoms with van der Waals surface area (Å²) in [6, 6.07) is 4.01. The van der Waals surface area contributed by atoms with Gasteiger partial charge < -0.3 is 8.98 Å². The molecular formula is C12H15NO2. The molecule has 0 saturated heterocycles. The summed E-state index contributed by atoms with van der Waals surface area (Å²) in [7, 11) is 0. The predicted octanol–water partition coefficient (Wildman–Crippen LogP) is 3.41. The van der Waals surface area contributed by atoms with Crippen LogP contribution in [0.4, 0.5) is 0 Å². The van der Waals surface area contributed by atoms with Gasteiger partial charge in [-0.2, -0.15) is 0 Å². The highest BCUT2D eigenvalue weighted by Crippen LogP contribution is 2.25. The van der Waals surface area contributed by atoms with Crippen LogP contribution in [0, 0.1) is 0 Å². The van der Waals surface area contributed by atoms with Crippen LogP contribution in [0.25, 0.3) is 11.1 Å². The Morgan fingerprint density at radius 3 is 2.87 bits per heavy atom. The summed E-state index contributed by atoms with van der Waals surface area (Å²) in [5.74, 6) is 0.162. The fourth-order valence-electron chi connectivity index (χ4n) is 1.90. The van der Waals surface area contributed by atoms with Crippen molar-refractivity contribution in [1.29, 1.82) is 0 Å². The molecule has 0 atom stereocenters. The van der Waals surface area contributed by atoms with Crippen LogP contribution in [0.2, 0.25) is 0 Å². The molecule has 0 amide bonds. The Bertz CT molecular complexity index is 491. The summed E-state index contributed by atoms with van der Waals surface area (Å²) in [5, 5.41) is 0. The number of hydrogen-bond donors (Lipinski definition) is 0. The standard InChI is InChI=1S/C12H15NO2/c1-4-11(14)10-7-12-9(5-6-15-12)13(10)8(2)3/h5-8H,4H2,1-3H3. The van der Waals surface area contributed by atoms with E-state index in [0.717, 1.165) is 16.8 Å². The highest BCUT2D eigenvalue weighted by Gasteiger charge is 2.17. The molecule has 3 nitrogen and oxygen atoms in total. The molecule has 2 rings (SSSR count). The largest absolute Gasteiger partial charge is 0.463 e. The van der Waals surface area contributed by atoms with Crippen LogP contribution in [0.1, 0.15) is 43.7 Å². The normalized spacial score (nSPS) is 11.5. The maximum absolute atomic E-state index is 11.7. The first-order chi connectivity index (χ1) is 7.15. The van der Waals surface area contributed by atoms with Gasteiger partial charge in [-0.25, -0.2) is 0 Å². The van der Waals surface area contributed by atoms with Gasteiger partial charge in [0.05, 0.1) is 17.5 Å². The number of nitrogens with zero attached hydrogens (tertiary/aromatic N) is 1. The Balaban J connectivity index is 2.67. The van der Waals surface area contributed by atoms with Gasteiger partial charge in [-0.15, -0.1) is 0 Å². The van der Waals surface area contributed by atoms with Gasteiger partial charge in [0.2, 0.25) is 0 Å². The van der Waals surface area contributed by atoms with Crippen molar-refractivity contribution in [1.82, 2.24) is 4.57 Å². The number of carbonyl (C=O) groups excluding carboxylic acids is 1. The van der Waals surface area contributed by atoms with E-state index in [-0.39, 0.29) is 11.8 Å². The minimum absolute atomic E-state index is 0.162. The first kappa shape index (κ1) is 10.0. The highest BCUT2D eigenvalue weighted by atomic mass is 16.3. The molecule has 0 unspecified atom stereocenters. The van der Waals surface area contributed by atoms with E-state index in [9.17, 15) is 4.79 Å². The average molecular weight is 205 g/mol. The number of furan rings is 1. The van der Waals surface area contributed by atoms with E-state index in [1.807, 2.05) is 23.6 Å². The first-order valence-corrected chi connectivity index (χ1v) is 5.26. The van der Waals surface area contributed by atoms with Crippen molar-refractivity contribution in [2.45, 2.75) is 33.2 Å². The monoisotopic (exact) mass is 205 g/mol. The minimum atomic E-state index is 0.162. The zero-order valence-corrected chi connectivity index (χ0v) is 9.28. The van der Waals surface area contributed by atoms with Crippen LogP contribution in [0.3, 0.4) is 0 Å². The lowest BCUT2D eigenvalue weighted by molar-refractivity contribution is 0.0978. The molecule has 15 heavy (non-hydrogen) atoms. The van der Waals surface area contributed by atoms with Crippen LogP contribution in [0.5, 0.6) is 0 Å². The van der Waals surface area contributed by atoms with Gasteiger partial charge in [0.15, 0.2) is 11.4 Å². The molecule has 0 spiro atoms. The molecule has 0 fully saturated rings. The van der Waals surface area contributed by atoms with Crippen molar-refractivity contribution in [2.24, 2.45) is 0 Å². The lowest BCUT2D eigenvalue weighted by Crippen LogP contribution is -2.09. The topological polar surface area (TPSA) is 35.1 Å². The summed E-state index contributed by atoms with van der Waals surface area (Å²) in [6.07, 6.45) is 2.18. The van der Waals surface area contributed by atoms with E-state index in [2.05, 4.69) is 13.8 Å². The van der Waals surface area contributed by atoms with E-state index in [1.165, 1.54) is 0 Å². The van der Waals surface area contributed by atoms with E-state index >= 15 is 0 Å². The van der Waals surface area contributed by atoms with Gasteiger partial charge >= 0.3 is 0 Å². The summed E-state index contributed by atoms with van der Waals surface area (Å²) in [6.45, 7) is 6.01. The van der Waals surface area contributed by atoms with E-state index in [1.54, 1.807) is 6.26 Å². The van der Waals surface area contributed by atoms with Gasteiger partial charge in [-0.1, -0.05) is 6.92 Å². The van der Waals surface area contributed by atoms with Crippen molar-refractivity contribution < 1.29 is 9.21 Å². The van der Waals surface area contributed by atoms with Crippen molar-refractivity contribution in [3.63, 3.8) is 0 Å². The molecule has 80 valence electrons. The number of fused-ring (bicyclic) bond motifs is 1. The van der Waals surface area contributed by atoms with Gasteiger partial charge in [0.25, 0.3) is 0 Å². The molecule has 0 aromatic carbocycles. The molecule has 0 aliphatic rings. The van der Waals surface area contributed by atoms with Crippen LogP contribution >= 0.6 is 0 Å². The van der Waals surface area contributed by atoms with E-state index in [4.69, 9.17) is 4.42 Å². The van der Waals surface area contributed by atoms with Gasteiger partial charge in [-0.05, 0) is 13.8 Å². The molecule has 2 aromatic rings. The summed E-state index contributed by atoms with van der Waals surface area (Å²) >= 11 is 0. The lowest BCUT2D eigenvalue weighted by Gasteiger charge is -2.12. The molecule has 3 heteroatoms. The second-order valence-electron chi connectivity index (χ2n) is 3.94. The molecule has 0 aliphatic heterocycles. The Hall–Kier alpha value is -1.51. The lowest BCUT2D eigenvalue weighted by atomic mass is 10.2. The Labute approximate surface area is 88.7 Å². The first-order valence-electron chi connectivity index (χ1n) is 5.26. The maximum Gasteiger partial charge on any atom is 0.179 e. The zero-order valence-electron chi connectivity index (χ0n) is 9.28. The van der Waals surface area contributed by atoms with Crippen LogP contribution < -0.4 is 0 Å². The quantitative estimate of drug-likeness (QED) is 0.720. The molecule has 0 bridgehead atoms. The van der Waals surface area contributed by atoms with Crippen molar-refractivity contribution >= 4 is 16.9 Å². The second-order valence-corrected chi connectivity index (χ2v) is 3.94. The minimum Gasteiger partial charge on any atom is -0.463 e. The van der Waals surface area contributed by atoms with Gasteiger partial charge in [-0.3, -0.25) is 4.79 Å². The zero-order chi connectivity index (χ0) is 11.0. The van der Waals surface area contributed by atoms with Crippen LogP contribution in [-0.2, 0) is 0 Å². The third-order valence-electron chi connectivity index (χ3n) is 2.58. The molecule has 0 radical (unpaired) electrons. The molecule has 2 heterocycles. The molecular weight excluding hydrogens is 190 g/mol. The predicted molar refractivity (Wildman–Crippen MR) is 59.2 cm³/mol. The Kier molecular flexibility index (Phi) is 2.39. The van der Waals surface area contributed by atoms with Crippen LogP contribution in [-0.4, -0.2) is 10.4 Å². The second kappa shape index (κ2) is 3.57. The highest BCUT2D eigenvalue weighted by molar-refractivity contribution is 5.98. The number of rotatable bonds is 3. The van der Waals surface area contributed by atoms with E-state index < -0.39 is 0 Å². The number of carbonyl (C=O) groups is 1. The molecule has 2 aromatic heterocycles. The summed E-state index contributed by atoms with van der Waals surface area (Å²) < 4.78 is 7.34. The summed E-state index contributed by atoms with van der Waals surface area (Å²) in [5.41, 5.74) is 2.55. The average Bonchev–Trinajstić information content (AvgIpc) is 2.73. The van der Waals surface area contributed by atoms with Crippen molar-refractivity contribution in [3.05, 3.63) is 24.1 Å². The Morgan fingerprint density at radius 2 is 2.27 bits per heavy atom. The summed E-state index contributed by atoms with van der Waals surface area (Å²) in [4.78, 5) is 11.7. The number of ketones is 1.